The summed E-state index contributed by atoms with van der Waals surface area (Å²) in [5.41, 5.74) is 0.486. The first-order valence-corrected chi connectivity index (χ1v) is 8.81. The number of ether oxygens (including phenoxy) is 2. The maximum Gasteiger partial charge on any atom is 0.310 e. The molecule has 0 saturated carbocycles. The van der Waals surface area contributed by atoms with Crippen molar-refractivity contribution in [2.75, 3.05) is 20.8 Å². The molecule has 0 atom stereocenters. The monoisotopic (exact) mass is 378 g/mol. The van der Waals surface area contributed by atoms with Gasteiger partial charge in [0.05, 0.1) is 31.7 Å². The van der Waals surface area contributed by atoms with Crippen molar-refractivity contribution in [3.63, 3.8) is 0 Å². The molecule has 0 fully saturated rings. The summed E-state index contributed by atoms with van der Waals surface area (Å²) in [6.07, 6.45) is 0.0967. The first kappa shape index (κ1) is 19.7. The van der Waals surface area contributed by atoms with E-state index in [4.69, 9.17) is 14.6 Å². The molecule has 0 spiro atoms. The maximum atomic E-state index is 12.0. The molecule has 0 saturated heterocycles. The summed E-state index contributed by atoms with van der Waals surface area (Å²) in [7, 11) is 3.14. The molecule has 0 aliphatic rings. The van der Waals surface area contributed by atoms with E-state index in [0.717, 1.165) is 10.6 Å². The average Bonchev–Trinajstić information content (AvgIpc) is 3.07. The fraction of sp³-hybridized carbons (Fsp3) is 0.389. The summed E-state index contributed by atoms with van der Waals surface area (Å²) in [5.74, 6) is 0.0227. The van der Waals surface area contributed by atoms with Crippen molar-refractivity contribution >= 4 is 23.2 Å². The number of rotatable bonds is 8. The molecule has 1 aromatic heterocycles. The minimum atomic E-state index is -1.01. The van der Waals surface area contributed by atoms with Crippen LogP contribution in [-0.4, -0.2) is 42.7 Å². The quantitative estimate of drug-likeness (QED) is 0.733. The third-order valence-corrected chi connectivity index (χ3v) is 4.77. The van der Waals surface area contributed by atoms with Crippen molar-refractivity contribution in [3.8, 4) is 22.1 Å². The number of aromatic nitrogens is 1. The van der Waals surface area contributed by atoms with E-state index in [9.17, 15) is 9.59 Å². The average molecular weight is 378 g/mol. The van der Waals surface area contributed by atoms with E-state index in [2.05, 4.69) is 10.3 Å². The number of hydrogen-bond acceptors (Lipinski definition) is 6. The largest absolute Gasteiger partial charge is 0.493 e. The van der Waals surface area contributed by atoms with Gasteiger partial charge in [-0.2, -0.15) is 0 Å². The Hall–Kier alpha value is -2.61. The molecular weight excluding hydrogens is 356 g/mol. The van der Waals surface area contributed by atoms with E-state index in [1.54, 1.807) is 34.1 Å². The van der Waals surface area contributed by atoms with Gasteiger partial charge in [0.15, 0.2) is 11.5 Å². The molecule has 0 aliphatic carbocycles. The van der Waals surface area contributed by atoms with Crippen LogP contribution >= 0.6 is 11.3 Å². The van der Waals surface area contributed by atoms with Crippen LogP contribution in [0.4, 0.5) is 0 Å². The van der Waals surface area contributed by atoms with Crippen LogP contribution in [0.5, 0.6) is 11.5 Å². The van der Waals surface area contributed by atoms with Crippen molar-refractivity contribution in [3.05, 3.63) is 29.3 Å². The Labute approximate surface area is 156 Å². The third kappa shape index (κ3) is 4.72. The molecule has 0 radical (unpaired) electrons. The van der Waals surface area contributed by atoms with Gasteiger partial charge in [-0.25, -0.2) is 4.98 Å². The highest BCUT2D eigenvalue weighted by Crippen LogP contribution is 2.33. The lowest BCUT2D eigenvalue weighted by Gasteiger charge is -2.19. The number of nitrogens with one attached hydrogen (secondary N) is 1. The van der Waals surface area contributed by atoms with Crippen molar-refractivity contribution in [1.29, 1.82) is 0 Å². The Bertz CT molecular complexity index is 801. The van der Waals surface area contributed by atoms with Gasteiger partial charge in [-0.05, 0) is 32.0 Å². The zero-order valence-corrected chi connectivity index (χ0v) is 16.0. The molecule has 0 bridgehead atoms. The SMILES string of the molecule is COc1ccc(-c2nc(CC(=O)NCC(C)(C)C(=O)O)cs2)cc1OC. The molecule has 26 heavy (non-hydrogen) atoms. The second-order valence-corrected chi connectivity index (χ2v) is 7.21. The summed E-state index contributed by atoms with van der Waals surface area (Å²) in [6, 6.07) is 5.51. The molecule has 2 rings (SSSR count). The van der Waals surface area contributed by atoms with Crippen LogP contribution in [0.25, 0.3) is 10.6 Å². The van der Waals surface area contributed by atoms with E-state index in [1.165, 1.54) is 11.3 Å². The molecule has 0 aliphatic heterocycles. The number of methoxy groups -OCH3 is 2. The van der Waals surface area contributed by atoms with Gasteiger partial charge in [0.25, 0.3) is 0 Å². The highest BCUT2D eigenvalue weighted by atomic mass is 32.1. The number of thiazole rings is 1. The molecule has 0 unspecified atom stereocenters. The van der Waals surface area contributed by atoms with Gasteiger partial charge in [0.1, 0.15) is 5.01 Å². The van der Waals surface area contributed by atoms with Gasteiger partial charge in [-0.15, -0.1) is 11.3 Å². The predicted molar refractivity (Wildman–Crippen MR) is 98.8 cm³/mol. The zero-order chi connectivity index (χ0) is 19.3. The number of carboxylic acids is 1. The molecule has 1 aromatic carbocycles. The third-order valence-electron chi connectivity index (χ3n) is 3.83. The van der Waals surface area contributed by atoms with Crippen molar-refractivity contribution in [1.82, 2.24) is 10.3 Å². The first-order valence-electron chi connectivity index (χ1n) is 7.93. The summed E-state index contributed by atoms with van der Waals surface area (Å²) in [5, 5.41) is 14.3. The van der Waals surface area contributed by atoms with E-state index < -0.39 is 11.4 Å². The molecular formula is C18H22N2O5S. The minimum absolute atomic E-state index is 0.0633. The van der Waals surface area contributed by atoms with Gasteiger partial charge in [-0.1, -0.05) is 0 Å². The molecule has 7 nitrogen and oxygen atoms in total. The maximum absolute atomic E-state index is 12.0. The molecule has 1 heterocycles. The van der Waals surface area contributed by atoms with Crippen LogP contribution in [0, 0.1) is 5.41 Å². The summed E-state index contributed by atoms with van der Waals surface area (Å²) < 4.78 is 10.5. The van der Waals surface area contributed by atoms with Crippen LogP contribution in [0.15, 0.2) is 23.6 Å². The number of carboxylic acid groups (broad SMARTS) is 1. The Morgan fingerprint density at radius 1 is 1.23 bits per heavy atom. The Morgan fingerprint density at radius 3 is 2.54 bits per heavy atom. The van der Waals surface area contributed by atoms with E-state index >= 15 is 0 Å². The number of carbonyl (C=O) groups is 2. The number of nitrogens with zero attached hydrogens (tertiary/aromatic N) is 1. The van der Waals surface area contributed by atoms with Crippen molar-refractivity contribution in [2.45, 2.75) is 20.3 Å². The van der Waals surface area contributed by atoms with Gasteiger partial charge < -0.3 is 19.9 Å². The number of benzene rings is 1. The number of aliphatic carboxylic acids is 1. The van der Waals surface area contributed by atoms with Crippen LogP contribution < -0.4 is 14.8 Å². The smallest absolute Gasteiger partial charge is 0.310 e. The van der Waals surface area contributed by atoms with Crippen molar-refractivity contribution in [2.24, 2.45) is 5.41 Å². The number of amides is 1. The Morgan fingerprint density at radius 2 is 1.92 bits per heavy atom. The fourth-order valence-electron chi connectivity index (χ4n) is 2.11. The van der Waals surface area contributed by atoms with Crippen LogP contribution in [-0.2, 0) is 16.0 Å². The van der Waals surface area contributed by atoms with Gasteiger partial charge in [0, 0.05) is 17.5 Å². The second-order valence-electron chi connectivity index (χ2n) is 6.36. The molecule has 2 aromatic rings. The van der Waals surface area contributed by atoms with Gasteiger partial charge in [-0.3, -0.25) is 9.59 Å². The number of hydrogen-bond donors (Lipinski definition) is 2. The Kier molecular flexibility index (Phi) is 6.20. The lowest BCUT2D eigenvalue weighted by Crippen LogP contribution is -2.39. The highest BCUT2D eigenvalue weighted by molar-refractivity contribution is 7.13. The lowest BCUT2D eigenvalue weighted by molar-refractivity contribution is -0.146. The summed E-state index contributed by atoms with van der Waals surface area (Å²) >= 11 is 1.42. The van der Waals surface area contributed by atoms with Gasteiger partial charge >= 0.3 is 5.97 Å². The fourth-order valence-corrected chi connectivity index (χ4v) is 2.93. The summed E-state index contributed by atoms with van der Waals surface area (Å²) in [4.78, 5) is 27.6. The molecule has 1 amide bonds. The topological polar surface area (TPSA) is 97.8 Å². The normalized spacial score (nSPS) is 11.1. The van der Waals surface area contributed by atoms with E-state index in [0.29, 0.717) is 17.2 Å². The highest BCUT2D eigenvalue weighted by Gasteiger charge is 2.27. The van der Waals surface area contributed by atoms with Crippen LogP contribution in [0.1, 0.15) is 19.5 Å². The van der Waals surface area contributed by atoms with Crippen LogP contribution in [0.3, 0.4) is 0 Å². The minimum Gasteiger partial charge on any atom is -0.493 e. The predicted octanol–water partition coefficient (Wildman–Crippen LogP) is 2.60. The summed E-state index contributed by atoms with van der Waals surface area (Å²) in [6.45, 7) is 3.19. The molecule has 8 heteroatoms. The first-order chi connectivity index (χ1) is 12.3. The zero-order valence-electron chi connectivity index (χ0n) is 15.2. The van der Waals surface area contributed by atoms with E-state index in [1.807, 2.05) is 17.5 Å². The number of carbonyl (C=O) groups excluding carboxylic acids is 1. The van der Waals surface area contributed by atoms with Crippen molar-refractivity contribution < 1.29 is 24.2 Å². The Balaban J connectivity index is 2.04. The second kappa shape index (κ2) is 8.18. The van der Waals surface area contributed by atoms with E-state index in [-0.39, 0.29) is 18.9 Å². The van der Waals surface area contributed by atoms with Crippen LogP contribution in [0.2, 0.25) is 0 Å². The standard InChI is InChI=1S/C18H22N2O5S/c1-18(2,17(22)23)10-19-15(21)8-12-9-26-16(20-12)11-5-6-13(24-3)14(7-11)25-4/h5-7,9H,8,10H2,1-4H3,(H,19,21)(H,22,23). The lowest BCUT2D eigenvalue weighted by atomic mass is 9.94. The van der Waals surface area contributed by atoms with Gasteiger partial charge in [0.2, 0.25) is 5.91 Å². The molecule has 140 valence electrons. The molecule has 2 N–H and O–H groups in total.